The van der Waals surface area contributed by atoms with Crippen LogP contribution in [0.15, 0.2) is 0 Å². The van der Waals surface area contributed by atoms with Crippen molar-refractivity contribution in [2.45, 2.75) is 44.2 Å². The van der Waals surface area contributed by atoms with Gasteiger partial charge in [-0.2, -0.15) is 13.2 Å². The van der Waals surface area contributed by atoms with Gasteiger partial charge >= 0.3 is 6.18 Å². The summed E-state index contributed by atoms with van der Waals surface area (Å²) in [4.78, 5) is 1.11. The standard InChI is InChI=1S/C9H16F4N2/c1-2-3-8(9(11,12)13)15-4-6(10)7(14)5-15/h6-8H,2-5,14H2,1H3. The fourth-order valence-corrected chi connectivity index (χ4v) is 1.90. The smallest absolute Gasteiger partial charge is 0.324 e. The monoisotopic (exact) mass is 228 g/mol. The van der Waals surface area contributed by atoms with Gasteiger partial charge in [0.2, 0.25) is 0 Å². The molecular formula is C9H16F4N2. The topological polar surface area (TPSA) is 29.3 Å². The predicted molar refractivity (Wildman–Crippen MR) is 49.2 cm³/mol. The van der Waals surface area contributed by atoms with E-state index in [-0.39, 0.29) is 19.5 Å². The molecule has 1 aliphatic rings. The fourth-order valence-electron chi connectivity index (χ4n) is 1.90. The molecule has 0 saturated carbocycles. The second-order valence-electron chi connectivity index (χ2n) is 3.98. The first-order chi connectivity index (χ1) is 6.86. The largest absolute Gasteiger partial charge is 0.404 e. The van der Waals surface area contributed by atoms with E-state index in [1.807, 2.05) is 0 Å². The molecule has 0 amide bonds. The lowest BCUT2D eigenvalue weighted by Gasteiger charge is -2.29. The van der Waals surface area contributed by atoms with Crippen LogP contribution in [0.4, 0.5) is 17.6 Å². The van der Waals surface area contributed by atoms with Crippen LogP contribution in [0.2, 0.25) is 0 Å². The van der Waals surface area contributed by atoms with E-state index in [4.69, 9.17) is 5.73 Å². The quantitative estimate of drug-likeness (QED) is 0.745. The molecule has 0 aromatic rings. The summed E-state index contributed by atoms with van der Waals surface area (Å²) in [5.41, 5.74) is 5.36. The van der Waals surface area contributed by atoms with Crippen LogP contribution in [0, 0.1) is 0 Å². The highest BCUT2D eigenvalue weighted by molar-refractivity contribution is 4.92. The molecule has 1 rings (SSSR count). The zero-order chi connectivity index (χ0) is 11.6. The Bertz CT molecular complexity index is 197. The van der Waals surface area contributed by atoms with E-state index >= 15 is 0 Å². The lowest BCUT2D eigenvalue weighted by Crippen LogP contribution is -2.45. The molecule has 2 nitrogen and oxygen atoms in total. The van der Waals surface area contributed by atoms with Gasteiger partial charge in [-0.1, -0.05) is 13.3 Å². The maximum Gasteiger partial charge on any atom is 0.404 e. The van der Waals surface area contributed by atoms with Crippen LogP contribution in [0.3, 0.4) is 0 Å². The summed E-state index contributed by atoms with van der Waals surface area (Å²) in [6.07, 6.45) is -5.21. The van der Waals surface area contributed by atoms with Crippen LogP contribution in [0.25, 0.3) is 0 Å². The van der Waals surface area contributed by atoms with E-state index < -0.39 is 24.4 Å². The maximum atomic E-state index is 13.0. The molecule has 3 unspecified atom stereocenters. The Labute approximate surface area is 86.4 Å². The van der Waals surface area contributed by atoms with Crippen LogP contribution >= 0.6 is 0 Å². The molecule has 3 atom stereocenters. The highest BCUT2D eigenvalue weighted by atomic mass is 19.4. The van der Waals surface area contributed by atoms with Crippen molar-refractivity contribution in [2.24, 2.45) is 5.73 Å². The Hall–Kier alpha value is -0.360. The zero-order valence-corrected chi connectivity index (χ0v) is 8.60. The molecule has 0 bridgehead atoms. The number of likely N-dealkylation sites (tertiary alicyclic amines) is 1. The summed E-state index contributed by atoms with van der Waals surface area (Å²) in [6, 6.07) is -2.33. The molecule has 1 heterocycles. The molecule has 1 fully saturated rings. The lowest BCUT2D eigenvalue weighted by molar-refractivity contribution is -0.183. The number of hydrogen-bond donors (Lipinski definition) is 1. The Morgan fingerprint density at radius 1 is 1.40 bits per heavy atom. The number of hydrogen-bond acceptors (Lipinski definition) is 2. The molecule has 0 aromatic carbocycles. The minimum absolute atomic E-state index is 0.00292. The average Bonchev–Trinajstić information content (AvgIpc) is 2.40. The van der Waals surface area contributed by atoms with E-state index in [2.05, 4.69) is 0 Å². The van der Waals surface area contributed by atoms with Crippen LogP contribution < -0.4 is 5.73 Å². The van der Waals surface area contributed by atoms with Crippen molar-refractivity contribution in [3.8, 4) is 0 Å². The highest BCUT2D eigenvalue weighted by Crippen LogP contribution is 2.30. The van der Waals surface area contributed by atoms with Gasteiger partial charge in [0.05, 0.1) is 0 Å². The normalized spacial score (nSPS) is 30.8. The summed E-state index contributed by atoms with van der Waals surface area (Å²) in [5, 5.41) is 0. The number of nitrogens with zero attached hydrogens (tertiary/aromatic N) is 1. The van der Waals surface area contributed by atoms with Crippen molar-refractivity contribution < 1.29 is 17.6 Å². The Morgan fingerprint density at radius 2 is 2.00 bits per heavy atom. The zero-order valence-electron chi connectivity index (χ0n) is 8.60. The SMILES string of the molecule is CCCC(N1CC(N)C(F)C1)C(F)(F)F. The molecule has 6 heteroatoms. The van der Waals surface area contributed by atoms with Gasteiger partial charge in [-0.25, -0.2) is 4.39 Å². The lowest BCUT2D eigenvalue weighted by atomic mass is 10.1. The molecule has 1 aliphatic heterocycles. The molecule has 2 N–H and O–H groups in total. The minimum atomic E-state index is -4.29. The number of halogens is 4. The third-order valence-corrected chi connectivity index (χ3v) is 2.70. The number of rotatable bonds is 3. The number of alkyl halides is 4. The van der Waals surface area contributed by atoms with E-state index in [9.17, 15) is 17.6 Å². The molecule has 90 valence electrons. The second kappa shape index (κ2) is 4.65. The van der Waals surface area contributed by atoms with Crippen molar-refractivity contribution in [1.82, 2.24) is 4.90 Å². The van der Waals surface area contributed by atoms with Crippen molar-refractivity contribution >= 4 is 0 Å². The van der Waals surface area contributed by atoms with Crippen LogP contribution in [-0.2, 0) is 0 Å². The third-order valence-electron chi connectivity index (χ3n) is 2.70. The third kappa shape index (κ3) is 3.04. The minimum Gasteiger partial charge on any atom is -0.324 e. The van der Waals surface area contributed by atoms with E-state index in [0.29, 0.717) is 6.42 Å². The van der Waals surface area contributed by atoms with Crippen LogP contribution in [-0.4, -0.2) is 42.4 Å². The Morgan fingerprint density at radius 3 is 2.33 bits per heavy atom. The summed E-state index contributed by atoms with van der Waals surface area (Å²) < 4.78 is 50.8. The van der Waals surface area contributed by atoms with Crippen LogP contribution in [0.1, 0.15) is 19.8 Å². The number of nitrogens with two attached hydrogens (primary N) is 1. The Balaban J connectivity index is 2.65. The molecule has 1 saturated heterocycles. The van der Waals surface area contributed by atoms with Crippen molar-refractivity contribution in [2.75, 3.05) is 13.1 Å². The van der Waals surface area contributed by atoms with Crippen molar-refractivity contribution in [3.05, 3.63) is 0 Å². The highest BCUT2D eigenvalue weighted by Gasteiger charge is 2.46. The average molecular weight is 228 g/mol. The predicted octanol–water partition coefficient (Wildman–Crippen LogP) is 1.70. The summed E-state index contributed by atoms with van der Waals surface area (Å²) >= 11 is 0. The van der Waals surface area contributed by atoms with Gasteiger partial charge in [0.25, 0.3) is 0 Å². The van der Waals surface area contributed by atoms with Gasteiger partial charge in [-0.15, -0.1) is 0 Å². The van der Waals surface area contributed by atoms with E-state index in [0.717, 1.165) is 4.90 Å². The van der Waals surface area contributed by atoms with Gasteiger partial charge in [0.15, 0.2) is 0 Å². The molecule has 0 aliphatic carbocycles. The summed E-state index contributed by atoms with van der Waals surface area (Å²) in [7, 11) is 0. The van der Waals surface area contributed by atoms with Gasteiger partial charge in [0, 0.05) is 19.1 Å². The maximum absolute atomic E-state index is 13.0. The second-order valence-corrected chi connectivity index (χ2v) is 3.98. The molecule has 0 aromatic heterocycles. The molecule has 0 radical (unpaired) electrons. The summed E-state index contributed by atoms with van der Waals surface area (Å²) in [5.74, 6) is 0. The first-order valence-electron chi connectivity index (χ1n) is 5.06. The molecular weight excluding hydrogens is 212 g/mol. The van der Waals surface area contributed by atoms with Gasteiger partial charge in [0.1, 0.15) is 12.2 Å². The van der Waals surface area contributed by atoms with Gasteiger partial charge in [-0.05, 0) is 6.42 Å². The first-order valence-corrected chi connectivity index (χ1v) is 5.06. The van der Waals surface area contributed by atoms with Crippen molar-refractivity contribution in [3.63, 3.8) is 0 Å². The summed E-state index contributed by atoms with van der Waals surface area (Å²) in [6.45, 7) is 1.47. The van der Waals surface area contributed by atoms with Crippen LogP contribution in [0.5, 0.6) is 0 Å². The van der Waals surface area contributed by atoms with Crippen molar-refractivity contribution in [1.29, 1.82) is 0 Å². The van der Waals surface area contributed by atoms with E-state index in [1.165, 1.54) is 0 Å². The fraction of sp³-hybridized carbons (Fsp3) is 1.00. The molecule has 15 heavy (non-hydrogen) atoms. The van der Waals surface area contributed by atoms with E-state index in [1.54, 1.807) is 6.92 Å². The Kier molecular flexibility index (Phi) is 3.94. The molecule has 0 spiro atoms. The van der Waals surface area contributed by atoms with Gasteiger partial charge < -0.3 is 5.73 Å². The first kappa shape index (κ1) is 12.7. The van der Waals surface area contributed by atoms with Gasteiger partial charge in [-0.3, -0.25) is 4.90 Å².